The summed E-state index contributed by atoms with van der Waals surface area (Å²) < 4.78 is 17.4. The van der Waals surface area contributed by atoms with Crippen LogP contribution in [0.1, 0.15) is 49.7 Å². The first-order valence-corrected chi connectivity index (χ1v) is 11.7. The molecular formula is C27H29NO5. The summed E-state index contributed by atoms with van der Waals surface area (Å²) in [5.41, 5.74) is 1.07. The second-order valence-electron chi connectivity index (χ2n) is 8.95. The smallest absolute Gasteiger partial charge is 0.234 e. The number of fused-ring (bicyclic) bond motifs is 2. The molecule has 33 heavy (non-hydrogen) atoms. The Kier molecular flexibility index (Phi) is 5.60. The first kappa shape index (κ1) is 21.6. The van der Waals surface area contributed by atoms with Gasteiger partial charge in [-0.2, -0.15) is 0 Å². The standard InChI is InChI=1S/C27H29NO5/c1-3-32-22-14-12-17(16-23(22)31-2)11-13-20(29)25-24-18-8-4-5-10-21(18)33-27(28-26(25)30)15-7-6-9-19(24)27/h4-5,8,10-14,16,19,24-25H,3,6-7,9,15H2,1-2H3,(H,28,30)/b13-11+. The van der Waals surface area contributed by atoms with E-state index in [1.807, 2.05) is 49.4 Å². The largest absolute Gasteiger partial charge is 0.493 e. The van der Waals surface area contributed by atoms with E-state index in [9.17, 15) is 9.59 Å². The molecule has 5 rings (SSSR count). The lowest BCUT2D eigenvalue weighted by Gasteiger charge is -2.56. The number of hydrogen-bond acceptors (Lipinski definition) is 5. The highest BCUT2D eigenvalue weighted by Gasteiger charge is 2.60. The normalized spacial score (nSPS) is 27.7. The van der Waals surface area contributed by atoms with E-state index in [-0.39, 0.29) is 23.5 Å². The van der Waals surface area contributed by atoms with Gasteiger partial charge in [-0.1, -0.05) is 36.8 Å². The van der Waals surface area contributed by atoms with E-state index < -0.39 is 11.6 Å². The van der Waals surface area contributed by atoms with Gasteiger partial charge in [0.25, 0.3) is 0 Å². The van der Waals surface area contributed by atoms with E-state index in [2.05, 4.69) is 5.32 Å². The summed E-state index contributed by atoms with van der Waals surface area (Å²) in [5.74, 6) is 0.733. The molecule has 0 radical (unpaired) electrons. The highest BCUT2D eigenvalue weighted by Crippen LogP contribution is 2.55. The summed E-state index contributed by atoms with van der Waals surface area (Å²) in [7, 11) is 1.59. The van der Waals surface area contributed by atoms with Crippen LogP contribution in [-0.4, -0.2) is 31.1 Å². The zero-order valence-corrected chi connectivity index (χ0v) is 19.0. The van der Waals surface area contributed by atoms with Gasteiger partial charge in [-0.3, -0.25) is 9.59 Å². The number of methoxy groups -OCH3 is 1. The van der Waals surface area contributed by atoms with Crippen LogP contribution in [0.3, 0.4) is 0 Å². The lowest BCUT2D eigenvalue weighted by atomic mass is 9.61. The Morgan fingerprint density at radius 1 is 1.21 bits per heavy atom. The number of piperidine rings is 1. The van der Waals surface area contributed by atoms with Crippen molar-refractivity contribution in [2.24, 2.45) is 11.8 Å². The van der Waals surface area contributed by atoms with Crippen LogP contribution >= 0.6 is 0 Å². The van der Waals surface area contributed by atoms with Gasteiger partial charge in [0.1, 0.15) is 11.7 Å². The molecule has 1 saturated carbocycles. The Bertz CT molecular complexity index is 1110. The number of nitrogens with one attached hydrogen (secondary N) is 1. The molecule has 0 aromatic heterocycles. The topological polar surface area (TPSA) is 73.9 Å². The molecule has 0 spiro atoms. The van der Waals surface area contributed by atoms with E-state index >= 15 is 0 Å². The average molecular weight is 448 g/mol. The van der Waals surface area contributed by atoms with Gasteiger partial charge in [-0.05, 0) is 55.2 Å². The molecule has 1 saturated heterocycles. The van der Waals surface area contributed by atoms with Gasteiger partial charge >= 0.3 is 0 Å². The number of ketones is 1. The maximum atomic E-state index is 13.4. The van der Waals surface area contributed by atoms with Gasteiger partial charge in [-0.25, -0.2) is 0 Å². The zero-order valence-electron chi connectivity index (χ0n) is 19.0. The number of ether oxygens (including phenoxy) is 3. The molecule has 6 heteroatoms. The van der Waals surface area contributed by atoms with Crippen molar-refractivity contribution < 1.29 is 23.8 Å². The third-order valence-electron chi connectivity index (χ3n) is 7.13. The fourth-order valence-corrected chi connectivity index (χ4v) is 5.72. The van der Waals surface area contributed by atoms with Gasteiger partial charge in [0.2, 0.25) is 5.91 Å². The summed E-state index contributed by atoms with van der Waals surface area (Å²) >= 11 is 0. The predicted octanol–water partition coefficient (Wildman–Crippen LogP) is 4.48. The minimum atomic E-state index is -0.771. The van der Waals surface area contributed by atoms with Gasteiger partial charge < -0.3 is 19.5 Å². The van der Waals surface area contributed by atoms with Crippen molar-refractivity contribution in [3.63, 3.8) is 0 Å². The van der Waals surface area contributed by atoms with Crippen molar-refractivity contribution >= 4 is 17.8 Å². The van der Waals surface area contributed by atoms with Crippen molar-refractivity contribution in [2.45, 2.75) is 44.2 Å². The van der Waals surface area contributed by atoms with Gasteiger partial charge in [-0.15, -0.1) is 0 Å². The van der Waals surface area contributed by atoms with Crippen LogP contribution in [0.15, 0.2) is 48.5 Å². The minimum absolute atomic E-state index is 0.0896. The lowest BCUT2D eigenvalue weighted by Crippen LogP contribution is -2.69. The lowest BCUT2D eigenvalue weighted by molar-refractivity contribution is -0.160. The SMILES string of the molecule is CCOc1ccc(/C=C/C(=O)C2C(=O)NC34CCCCC3C2c2ccccc2O4)cc1OC. The van der Waals surface area contributed by atoms with Crippen LogP contribution < -0.4 is 19.5 Å². The van der Waals surface area contributed by atoms with Crippen molar-refractivity contribution in [1.29, 1.82) is 0 Å². The van der Waals surface area contributed by atoms with Crippen LogP contribution in [0.4, 0.5) is 0 Å². The van der Waals surface area contributed by atoms with Crippen LogP contribution in [0.2, 0.25) is 0 Å². The van der Waals surface area contributed by atoms with E-state index in [1.165, 1.54) is 6.08 Å². The highest BCUT2D eigenvalue weighted by atomic mass is 16.5. The molecule has 2 heterocycles. The summed E-state index contributed by atoms with van der Waals surface area (Å²) in [6.45, 7) is 2.45. The fourth-order valence-electron chi connectivity index (χ4n) is 5.72. The van der Waals surface area contributed by atoms with Crippen LogP contribution in [0, 0.1) is 11.8 Å². The summed E-state index contributed by atoms with van der Waals surface area (Å²) in [5, 5.41) is 3.12. The number of carbonyl (C=O) groups is 2. The first-order chi connectivity index (χ1) is 16.1. The van der Waals surface area contributed by atoms with Crippen molar-refractivity contribution in [2.75, 3.05) is 13.7 Å². The number of benzene rings is 2. The quantitative estimate of drug-likeness (QED) is 0.522. The molecule has 6 nitrogen and oxygen atoms in total. The molecule has 1 amide bonds. The van der Waals surface area contributed by atoms with Crippen molar-refractivity contribution in [3.8, 4) is 17.2 Å². The predicted molar refractivity (Wildman–Crippen MR) is 124 cm³/mol. The Labute approximate surface area is 193 Å². The second kappa shape index (κ2) is 8.58. The molecule has 1 aliphatic carbocycles. The number of carbonyl (C=O) groups excluding carboxylic acids is 2. The molecule has 172 valence electrons. The molecule has 4 atom stereocenters. The molecule has 2 aromatic carbocycles. The Hall–Kier alpha value is -3.28. The van der Waals surface area contributed by atoms with E-state index in [0.29, 0.717) is 18.1 Å². The zero-order chi connectivity index (χ0) is 23.0. The molecule has 1 N–H and O–H groups in total. The average Bonchev–Trinajstić information content (AvgIpc) is 2.82. The monoisotopic (exact) mass is 447 g/mol. The number of para-hydroxylation sites is 1. The summed E-state index contributed by atoms with van der Waals surface area (Å²) in [6.07, 6.45) is 7.05. The number of hydrogen-bond donors (Lipinski definition) is 1. The van der Waals surface area contributed by atoms with E-state index in [4.69, 9.17) is 14.2 Å². The third kappa shape index (κ3) is 3.67. The summed E-state index contributed by atoms with van der Waals surface area (Å²) in [4.78, 5) is 26.7. The molecule has 2 fully saturated rings. The van der Waals surface area contributed by atoms with Crippen molar-refractivity contribution in [1.82, 2.24) is 5.32 Å². The molecule has 2 aromatic rings. The van der Waals surface area contributed by atoms with Gasteiger partial charge in [0.05, 0.1) is 13.7 Å². The van der Waals surface area contributed by atoms with Gasteiger partial charge in [0, 0.05) is 18.3 Å². The Morgan fingerprint density at radius 2 is 2.06 bits per heavy atom. The Balaban J connectivity index is 1.47. The summed E-state index contributed by atoms with van der Waals surface area (Å²) in [6, 6.07) is 13.3. The van der Waals surface area contributed by atoms with Crippen LogP contribution in [0.25, 0.3) is 6.08 Å². The Morgan fingerprint density at radius 3 is 2.88 bits per heavy atom. The van der Waals surface area contributed by atoms with Crippen LogP contribution in [0.5, 0.6) is 17.2 Å². The molecule has 4 unspecified atom stereocenters. The highest BCUT2D eigenvalue weighted by molar-refractivity contribution is 6.10. The molecule has 3 aliphatic rings. The first-order valence-electron chi connectivity index (χ1n) is 11.7. The van der Waals surface area contributed by atoms with E-state index in [0.717, 1.165) is 42.6 Å². The number of allylic oxidation sites excluding steroid dienone is 1. The minimum Gasteiger partial charge on any atom is -0.493 e. The maximum absolute atomic E-state index is 13.4. The van der Waals surface area contributed by atoms with Crippen molar-refractivity contribution in [3.05, 3.63) is 59.7 Å². The van der Waals surface area contributed by atoms with Gasteiger partial charge in [0.15, 0.2) is 23.0 Å². The van der Waals surface area contributed by atoms with E-state index in [1.54, 1.807) is 13.2 Å². The fraction of sp³-hybridized carbons (Fsp3) is 0.407. The molecular weight excluding hydrogens is 418 g/mol. The number of amides is 1. The molecule has 2 bridgehead atoms. The maximum Gasteiger partial charge on any atom is 0.234 e. The molecule has 2 aliphatic heterocycles. The second-order valence-corrected chi connectivity index (χ2v) is 8.95. The number of rotatable bonds is 6. The van der Waals surface area contributed by atoms with Crippen LogP contribution in [-0.2, 0) is 9.59 Å². The third-order valence-corrected chi connectivity index (χ3v) is 7.13.